The molecule has 1 aromatic rings. The van der Waals surface area contributed by atoms with Crippen molar-refractivity contribution in [3.05, 3.63) is 29.3 Å². The standard InChI is InChI=1S/C16H22F3NO/c1-11-4-3-5-13(8-11)20(2)14-7-6-12(10-21)15(9-14)16(17,18)19/h6-7,9,11,13,21H,3-5,8,10H2,1-2H3. The number of aliphatic hydroxyl groups is 1. The SMILES string of the molecule is CC1CCCC(N(C)c2ccc(CO)c(C(F)(F)F)c2)C1. The zero-order valence-electron chi connectivity index (χ0n) is 12.5. The first-order valence-electron chi connectivity index (χ1n) is 7.36. The molecule has 1 aromatic carbocycles. The van der Waals surface area contributed by atoms with E-state index < -0.39 is 18.3 Å². The molecular formula is C16H22F3NO. The number of rotatable bonds is 3. The minimum atomic E-state index is -4.44. The van der Waals surface area contributed by atoms with E-state index in [0.29, 0.717) is 11.6 Å². The van der Waals surface area contributed by atoms with Crippen molar-refractivity contribution in [1.29, 1.82) is 0 Å². The van der Waals surface area contributed by atoms with E-state index in [1.165, 1.54) is 12.5 Å². The van der Waals surface area contributed by atoms with Crippen LogP contribution in [0.1, 0.15) is 43.7 Å². The lowest BCUT2D eigenvalue weighted by Crippen LogP contribution is -2.35. The molecule has 0 amide bonds. The normalized spacial score (nSPS) is 23.1. The van der Waals surface area contributed by atoms with Crippen LogP contribution in [0.3, 0.4) is 0 Å². The van der Waals surface area contributed by atoms with Crippen molar-refractivity contribution in [3.63, 3.8) is 0 Å². The highest BCUT2D eigenvalue weighted by atomic mass is 19.4. The van der Waals surface area contributed by atoms with Crippen molar-refractivity contribution in [2.75, 3.05) is 11.9 Å². The molecule has 2 unspecified atom stereocenters. The third kappa shape index (κ3) is 3.70. The molecule has 0 radical (unpaired) electrons. The fourth-order valence-electron chi connectivity index (χ4n) is 3.15. The summed E-state index contributed by atoms with van der Waals surface area (Å²) in [6.07, 6.45) is -0.0864. The number of alkyl halides is 3. The second-order valence-electron chi connectivity index (χ2n) is 6.03. The van der Waals surface area contributed by atoms with Crippen LogP contribution in [0.15, 0.2) is 18.2 Å². The van der Waals surface area contributed by atoms with E-state index in [4.69, 9.17) is 5.11 Å². The summed E-state index contributed by atoms with van der Waals surface area (Å²) >= 11 is 0. The summed E-state index contributed by atoms with van der Waals surface area (Å²) in [6, 6.07) is 4.49. The summed E-state index contributed by atoms with van der Waals surface area (Å²) in [5.74, 6) is 0.616. The molecule has 5 heteroatoms. The van der Waals surface area contributed by atoms with Gasteiger partial charge in [-0.25, -0.2) is 0 Å². The van der Waals surface area contributed by atoms with E-state index in [9.17, 15) is 13.2 Å². The molecule has 1 fully saturated rings. The summed E-state index contributed by atoms with van der Waals surface area (Å²) in [6.45, 7) is 1.59. The van der Waals surface area contributed by atoms with Crippen LogP contribution in [-0.4, -0.2) is 18.2 Å². The number of anilines is 1. The largest absolute Gasteiger partial charge is 0.416 e. The Kier molecular flexibility index (Phi) is 4.81. The highest BCUT2D eigenvalue weighted by molar-refractivity contribution is 5.52. The predicted octanol–water partition coefficient (Wildman–Crippen LogP) is 4.21. The molecule has 0 aromatic heterocycles. The average molecular weight is 301 g/mol. The third-order valence-electron chi connectivity index (χ3n) is 4.43. The third-order valence-corrected chi connectivity index (χ3v) is 4.43. The van der Waals surface area contributed by atoms with Crippen molar-refractivity contribution in [1.82, 2.24) is 0 Å². The summed E-state index contributed by atoms with van der Waals surface area (Å²) in [4.78, 5) is 1.95. The zero-order chi connectivity index (χ0) is 15.6. The molecule has 21 heavy (non-hydrogen) atoms. The second kappa shape index (κ2) is 6.26. The zero-order valence-corrected chi connectivity index (χ0v) is 12.5. The van der Waals surface area contributed by atoms with Crippen LogP contribution in [0.2, 0.25) is 0 Å². The van der Waals surface area contributed by atoms with Crippen LogP contribution in [0.5, 0.6) is 0 Å². The van der Waals surface area contributed by atoms with Gasteiger partial charge < -0.3 is 10.0 Å². The van der Waals surface area contributed by atoms with Crippen LogP contribution >= 0.6 is 0 Å². The van der Waals surface area contributed by atoms with Crippen LogP contribution in [0.4, 0.5) is 18.9 Å². The Morgan fingerprint density at radius 2 is 2.00 bits per heavy atom. The van der Waals surface area contributed by atoms with Crippen molar-refractivity contribution in [2.45, 2.75) is 51.4 Å². The minimum absolute atomic E-state index is 0.0725. The molecule has 2 atom stereocenters. The van der Waals surface area contributed by atoms with Gasteiger partial charge in [0, 0.05) is 18.8 Å². The lowest BCUT2D eigenvalue weighted by atomic mass is 9.86. The first kappa shape index (κ1) is 16.1. The molecule has 0 spiro atoms. The fraction of sp³-hybridized carbons (Fsp3) is 0.625. The van der Waals surface area contributed by atoms with Gasteiger partial charge in [-0.3, -0.25) is 0 Å². The lowest BCUT2D eigenvalue weighted by Gasteiger charge is -2.36. The van der Waals surface area contributed by atoms with Gasteiger partial charge in [-0.15, -0.1) is 0 Å². The Hall–Kier alpha value is -1.23. The quantitative estimate of drug-likeness (QED) is 0.904. The fourth-order valence-corrected chi connectivity index (χ4v) is 3.15. The second-order valence-corrected chi connectivity index (χ2v) is 6.03. The van der Waals surface area contributed by atoms with Gasteiger partial charge in [0.15, 0.2) is 0 Å². The molecule has 1 N–H and O–H groups in total. The number of benzene rings is 1. The number of aliphatic hydroxyl groups excluding tert-OH is 1. The summed E-state index contributed by atoms with van der Waals surface area (Å²) < 4.78 is 39.2. The summed E-state index contributed by atoms with van der Waals surface area (Å²) in [7, 11) is 1.86. The van der Waals surface area contributed by atoms with Crippen LogP contribution in [-0.2, 0) is 12.8 Å². The highest BCUT2D eigenvalue weighted by Gasteiger charge is 2.34. The van der Waals surface area contributed by atoms with Gasteiger partial charge in [-0.2, -0.15) is 13.2 Å². The van der Waals surface area contributed by atoms with Crippen LogP contribution in [0, 0.1) is 5.92 Å². The van der Waals surface area contributed by atoms with Gasteiger partial charge in [-0.1, -0.05) is 25.8 Å². The van der Waals surface area contributed by atoms with E-state index in [-0.39, 0.29) is 11.6 Å². The maximum absolute atomic E-state index is 13.1. The van der Waals surface area contributed by atoms with Crippen molar-refractivity contribution < 1.29 is 18.3 Å². The molecule has 0 saturated heterocycles. The van der Waals surface area contributed by atoms with Gasteiger partial charge in [0.05, 0.1) is 12.2 Å². The smallest absolute Gasteiger partial charge is 0.392 e. The number of hydrogen-bond acceptors (Lipinski definition) is 2. The van der Waals surface area contributed by atoms with Gasteiger partial charge in [0.2, 0.25) is 0 Å². The summed E-state index contributed by atoms with van der Waals surface area (Å²) in [5, 5.41) is 9.08. The first-order chi connectivity index (χ1) is 9.82. The first-order valence-corrected chi connectivity index (χ1v) is 7.36. The molecule has 1 saturated carbocycles. The van der Waals surface area contributed by atoms with E-state index in [0.717, 1.165) is 25.3 Å². The molecule has 118 valence electrons. The maximum atomic E-state index is 13.1. The van der Waals surface area contributed by atoms with E-state index in [1.54, 1.807) is 6.07 Å². The Bertz CT molecular complexity index is 487. The number of nitrogens with zero attached hydrogens (tertiary/aromatic N) is 1. The molecular weight excluding hydrogens is 279 g/mol. The van der Waals surface area contributed by atoms with Crippen molar-refractivity contribution in [3.8, 4) is 0 Å². The molecule has 2 nitrogen and oxygen atoms in total. The summed E-state index contributed by atoms with van der Waals surface area (Å²) in [5.41, 5.74) is -0.242. The monoisotopic (exact) mass is 301 g/mol. The Labute approximate surface area is 123 Å². The van der Waals surface area contributed by atoms with Crippen molar-refractivity contribution >= 4 is 5.69 Å². The van der Waals surface area contributed by atoms with Crippen molar-refractivity contribution in [2.24, 2.45) is 5.92 Å². The topological polar surface area (TPSA) is 23.5 Å². The van der Waals surface area contributed by atoms with Gasteiger partial charge in [0.1, 0.15) is 0 Å². The van der Waals surface area contributed by atoms with Gasteiger partial charge >= 0.3 is 6.18 Å². The molecule has 0 heterocycles. The molecule has 1 aliphatic rings. The number of halogens is 3. The minimum Gasteiger partial charge on any atom is -0.392 e. The Balaban J connectivity index is 2.27. The lowest BCUT2D eigenvalue weighted by molar-refractivity contribution is -0.138. The molecule has 0 bridgehead atoms. The average Bonchev–Trinajstić information content (AvgIpc) is 2.45. The van der Waals surface area contributed by atoms with E-state index in [1.807, 2.05) is 11.9 Å². The van der Waals surface area contributed by atoms with Crippen LogP contribution in [0.25, 0.3) is 0 Å². The highest BCUT2D eigenvalue weighted by Crippen LogP contribution is 2.36. The Morgan fingerprint density at radius 3 is 2.57 bits per heavy atom. The predicted molar refractivity (Wildman–Crippen MR) is 77.2 cm³/mol. The maximum Gasteiger partial charge on any atom is 0.416 e. The van der Waals surface area contributed by atoms with E-state index in [2.05, 4.69) is 6.92 Å². The molecule has 1 aliphatic carbocycles. The van der Waals surface area contributed by atoms with Crippen LogP contribution < -0.4 is 4.90 Å². The van der Waals surface area contributed by atoms with Gasteiger partial charge in [0.25, 0.3) is 0 Å². The Morgan fingerprint density at radius 1 is 1.29 bits per heavy atom. The van der Waals surface area contributed by atoms with Gasteiger partial charge in [-0.05, 0) is 36.5 Å². The molecule has 2 rings (SSSR count). The van der Waals surface area contributed by atoms with E-state index >= 15 is 0 Å². The molecule has 0 aliphatic heterocycles. The number of hydrogen-bond donors (Lipinski definition) is 1.